The number of carbonyl (C=O) groups is 1. The summed E-state index contributed by atoms with van der Waals surface area (Å²) in [6.07, 6.45) is 0.468. The lowest BCUT2D eigenvalue weighted by molar-refractivity contribution is -0.143. The molecule has 0 saturated carbocycles. The highest BCUT2D eigenvalue weighted by molar-refractivity contribution is 5.68. The monoisotopic (exact) mass is 159 g/mol. The van der Waals surface area contributed by atoms with Gasteiger partial charge in [0.2, 0.25) is 0 Å². The Bertz CT molecular complexity index is 115. The lowest BCUT2D eigenvalue weighted by Crippen LogP contribution is -2.23. The van der Waals surface area contributed by atoms with Crippen LogP contribution in [0.5, 0.6) is 0 Å². The van der Waals surface area contributed by atoms with E-state index in [1.807, 2.05) is 7.05 Å². The molecule has 0 amide bonds. The lowest BCUT2D eigenvalue weighted by atomic mass is 10.5. The molecule has 0 aromatic rings. The average molecular weight is 159 g/mol. The van der Waals surface area contributed by atoms with Crippen LogP contribution in [0.1, 0.15) is 20.3 Å². The minimum Gasteiger partial charge on any atom is -0.464 e. The van der Waals surface area contributed by atoms with Crippen LogP contribution in [0.3, 0.4) is 0 Å². The van der Waals surface area contributed by atoms with Crippen LogP contribution in [-0.4, -0.2) is 37.6 Å². The number of likely N-dealkylation sites (N-methyl/N-ethyl adjacent to an activating group) is 1. The van der Waals surface area contributed by atoms with E-state index in [-0.39, 0.29) is 5.97 Å². The molecule has 0 radical (unpaired) electrons. The SMILES string of the molecule is CCC(=O)OCCN(C)CC. The minimum absolute atomic E-state index is 0.116. The van der Waals surface area contributed by atoms with Crippen molar-refractivity contribution in [3.05, 3.63) is 0 Å². The van der Waals surface area contributed by atoms with E-state index >= 15 is 0 Å². The van der Waals surface area contributed by atoms with E-state index in [4.69, 9.17) is 4.74 Å². The fourth-order valence-electron chi connectivity index (χ4n) is 0.575. The number of nitrogens with zero attached hydrogens (tertiary/aromatic N) is 1. The van der Waals surface area contributed by atoms with E-state index in [2.05, 4.69) is 11.8 Å². The third-order valence-electron chi connectivity index (χ3n) is 1.56. The van der Waals surface area contributed by atoms with Gasteiger partial charge in [0.1, 0.15) is 6.61 Å². The Kier molecular flexibility index (Phi) is 5.84. The van der Waals surface area contributed by atoms with Gasteiger partial charge in [-0.25, -0.2) is 0 Å². The molecule has 0 rings (SSSR count). The number of esters is 1. The molecule has 0 aromatic carbocycles. The molecular weight excluding hydrogens is 142 g/mol. The van der Waals surface area contributed by atoms with E-state index in [1.54, 1.807) is 6.92 Å². The van der Waals surface area contributed by atoms with Crippen LogP contribution in [-0.2, 0) is 9.53 Å². The summed E-state index contributed by atoms with van der Waals surface area (Å²) in [6.45, 7) is 6.19. The summed E-state index contributed by atoms with van der Waals surface area (Å²) < 4.78 is 4.88. The number of ether oxygens (including phenoxy) is 1. The first-order chi connectivity index (χ1) is 5.20. The summed E-state index contributed by atoms with van der Waals surface area (Å²) in [4.78, 5) is 12.7. The van der Waals surface area contributed by atoms with Gasteiger partial charge in [0.25, 0.3) is 0 Å². The highest BCUT2D eigenvalue weighted by Gasteiger charge is 1.98. The first-order valence-corrected chi connectivity index (χ1v) is 4.04. The van der Waals surface area contributed by atoms with Gasteiger partial charge in [-0.2, -0.15) is 0 Å². The van der Waals surface area contributed by atoms with E-state index in [0.29, 0.717) is 13.0 Å². The van der Waals surface area contributed by atoms with Crippen molar-refractivity contribution in [1.82, 2.24) is 4.90 Å². The number of hydrogen-bond acceptors (Lipinski definition) is 3. The zero-order valence-corrected chi connectivity index (χ0v) is 7.59. The van der Waals surface area contributed by atoms with Crippen molar-refractivity contribution in [2.75, 3.05) is 26.7 Å². The quantitative estimate of drug-likeness (QED) is 0.558. The average Bonchev–Trinajstić information content (AvgIpc) is 2.04. The summed E-state index contributed by atoms with van der Waals surface area (Å²) >= 11 is 0. The Morgan fingerprint density at radius 1 is 1.45 bits per heavy atom. The molecule has 3 nitrogen and oxygen atoms in total. The second-order valence-corrected chi connectivity index (χ2v) is 2.47. The van der Waals surface area contributed by atoms with Crippen LogP contribution in [0.2, 0.25) is 0 Å². The summed E-state index contributed by atoms with van der Waals surface area (Å²) in [5, 5.41) is 0. The normalized spacial score (nSPS) is 10.2. The van der Waals surface area contributed by atoms with Gasteiger partial charge in [-0.05, 0) is 13.6 Å². The molecule has 3 heteroatoms. The van der Waals surface area contributed by atoms with Gasteiger partial charge in [0.05, 0.1) is 0 Å². The van der Waals surface area contributed by atoms with E-state index in [1.165, 1.54) is 0 Å². The van der Waals surface area contributed by atoms with Crippen LogP contribution in [0.25, 0.3) is 0 Å². The van der Waals surface area contributed by atoms with Crippen molar-refractivity contribution in [2.45, 2.75) is 20.3 Å². The molecule has 11 heavy (non-hydrogen) atoms. The van der Waals surface area contributed by atoms with Gasteiger partial charge in [-0.15, -0.1) is 0 Å². The Hall–Kier alpha value is -0.570. The maximum Gasteiger partial charge on any atom is 0.305 e. The highest BCUT2D eigenvalue weighted by atomic mass is 16.5. The molecule has 0 aliphatic carbocycles. The molecule has 0 aromatic heterocycles. The van der Waals surface area contributed by atoms with Crippen LogP contribution in [0.4, 0.5) is 0 Å². The first kappa shape index (κ1) is 10.4. The standard InChI is InChI=1S/C8H17NO2/c1-4-8(10)11-7-6-9(3)5-2/h4-7H2,1-3H3. The molecular formula is C8H17NO2. The summed E-state index contributed by atoms with van der Waals surface area (Å²) in [5.74, 6) is -0.116. The number of hydrogen-bond donors (Lipinski definition) is 0. The van der Waals surface area contributed by atoms with Crippen LogP contribution >= 0.6 is 0 Å². The molecule has 0 spiro atoms. The molecule has 66 valence electrons. The Morgan fingerprint density at radius 2 is 2.09 bits per heavy atom. The molecule has 0 heterocycles. The second-order valence-electron chi connectivity index (χ2n) is 2.47. The van der Waals surface area contributed by atoms with Crippen molar-refractivity contribution < 1.29 is 9.53 Å². The molecule has 0 fully saturated rings. The lowest BCUT2D eigenvalue weighted by Gasteiger charge is -2.12. The molecule has 0 bridgehead atoms. The van der Waals surface area contributed by atoms with E-state index in [9.17, 15) is 4.79 Å². The zero-order valence-electron chi connectivity index (χ0n) is 7.59. The molecule has 0 saturated heterocycles. The van der Waals surface area contributed by atoms with Gasteiger partial charge < -0.3 is 9.64 Å². The molecule has 0 atom stereocenters. The summed E-state index contributed by atoms with van der Waals surface area (Å²) in [5.41, 5.74) is 0. The van der Waals surface area contributed by atoms with Crippen molar-refractivity contribution in [2.24, 2.45) is 0 Å². The second kappa shape index (κ2) is 6.16. The minimum atomic E-state index is -0.116. The number of carbonyl (C=O) groups excluding carboxylic acids is 1. The number of rotatable bonds is 5. The predicted molar refractivity (Wildman–Crippen MR) is 44.4 cm³/mol. The Morgan fingerprint density at radius 3 is 2.55 bits per heavy atom. The van der Waals surface area contributed by atoms with E-state index < -0.39 is 0 Å². The largest absolute Gasteiger partial charge is 0.464 e. The molecule has 0 aliphatic rings. The van der Waals surface area contributed by atoms with Crippen molar-refractivity contribution in [3.63, 3.8) is 0 Å². The summed E-state index contributed by atoms with van der Waals surface area (Å²) in [7, 11) is 2.00. The van der Waals surface area contributed by atoms with Gasteiger partial charge in [0, 0.05) is 13.0 Å². The third-order valence-corrected chi connectivity index (χ3v) is 1.56. The Labute approximate surface area is 68.3 Å². The van der Waals surface area contributed by atoms with Gasteiger partial charge in [0.15, 0.2) is 0 Å². The Balaban J connectivity index is 3.20. The third kappa shape index (κ3) is 5.85. The van der Waals surface area contributed by atoms with Crippen LogP contribution < -0.4 is 0 Å². The first-order valence-electron chi connectivity index (χ1n) is 4.04. The maximum atomic E-state index is 10.6. The van der Waals surface area contributed by atoms with Gasteiger partial charge in [-0.1, -0.05) is 13.8 Å². The molecule has 0 unspecified atom stereocenters. The summed E-state index contributed by atoms with van der Waals surface area (Å²) in [6, 6.07) is 0. The fourth-order valence-corrected chi connectivity index (χ4v) is 0.575. The van der Waals surface area contributed by atoms with Crippen molar-refractivity contribution in [3.8, 4) is 0 Å². The topological polar surface area (TPSA) is 29.5 Å². The smallest absolute Gasteiger partial charge is 0.305 e. The highest BCUT2D eigenvalue weighted by Crippen LogP contribution is 1.86. The predicted octanol–water partition coefficient (Wildman–Crippen LogP) is 0.891. The van der Waals surface area contributed by atoms with Crippen molar-refractivity contribution in [1.29, 1.82) is 0 Å². The van der Waals surface area contributed by atoms with Crippen molar-refractivity contribution >= 4 is 5.97 Å². The van der Waals surface area contributed by atoms with Gasteiger partial charge >= 0.3 is 5.97 Å². The molecule has 0 aliphatic heterocycles. The van der Waals surface area contributed by atoms with E-state index in [0.717, 1.165) is 13.1 Å². The van der Waals surface area contributed by atoms with Crippen LogP contribution in [0.15, 0.2) is 0 Å². The molecule has 0 N–H and O–H groups in total. The van der Waals surface area contributed by atoms with Crippen LogP contribution in [0, 0.1) is 0 Å². The zero-order chi connectivity index (χ0) is 8.69. The fraction of sp³-hybridized carbons (Fsp3) is 0.875. The van der Waals surface area contributed by atoms with Gasteiger partial charge in [-0.3, -0.25) is 4.79 Å². The maximum absolute atomic E-state index is 10.6.